The predicted octanol–water partition coefficient (Wildman–Crippen LogP) is 2.00. The summed E-state index contributed by atoms with van der Waals surface area (Å²) in [5.74, 6) is 4.30. The highest BCUT2D eigenvalue weighted by atomic mass is 15.0. The Morgan fingerprint density at radius 2 is 2.36 bits per heavy atom. The Labute approximate surface area is 85.0 Å². The molecule has 0 saturated heterocycles. The van der Waals surface area contributed by atoms with E-state index in [1.807, 2.05) is 13.0 Å². The molecule has 0 saturated carbocycles. The summed E-state index contributed by atoms with van der Waals surface area (Å²) in [6.07, 6.45) is 9.90. The van der Waals surface area contributed by atoms with E-state index in [-0.39, 0.29) is 0 Å². The highest BCUT2D eigenvalue weighted by Gasteiger charge is 1.93. The van der Waals surface area contributed by atoms with Crippen LogP contribution >= 0.6 is 0 Å². The van der Waals surface area contributed by atoms with Crippen molar-refractivity contribution < 1.29 is 0 Å². The van der Waals surface area contributed by atoms with Gasteiger partial charge in [-0.25, -0.2) is 9.97 Å². The topological polar surface area (TPSA) is 37.8 Å². The van der Waals surface area contributed by atoms with E-state index >= 15 is 0 Å². The first-order valence-corrected chi connectivity index (χ1v) is 4.80. The van der Waals surface area contributed by atoms with Crippen LogP contribution in [0.4, 0.5) is 5.82 Å². The van der Waals surface area contributed by atoms with Gasteiger partial charge in [0, 0.05) is 19.2 Å². The highest BCUT2D eigenvalue weighted by molar-refractivity contribution is 5.32. The van der Waals surface area contributed by atoms with Gasteiger partial charge in [-0.2, -0.15) is 0 Å². The molecule has 0 amide bonds. The first kappa shape index (κ1) is 10.5. The molecule has 1 N–H and O–H groups in total. The fraction of sp³-hybridized carbons (Fsp3) is 0.455. The summed E-state index contributed by atoms with van der Waals surface area (Å²) in [6, 6.07) is 1.87. The van der Waals surface area contributed by atoms with Gasteiger partial charge in [-0.1, -0.05) is 0 Å². The monoisotopic (exact) mass is 189 g/mol. The number of hydrogen-bond donors (Lipinski definition) is 1. The molecule has 0 radical (unpaired) electrons. The number of terminal acetylenes is 1. The van der Waals surface area contributed by atoms with Gasteiger partial charge in [0.05, 0.1) is 0 Å². The molecule has 0 fully saturated rings. The Balaban J connectivity index is 2.22. The number of nitrogens with zero attached hydrogens (tertiary/aromatic N) is 2. The van der Waals surface area contributed by atoms with Gasteiger partial charge in [0.25, 0.3) is 0 Å². The lowest BCUT2D eigenvalue weighted by atomic mass is 10.2. The van der Waals surface area contributed by atoms with Gasteiger partial charge in [0.2, 0.25) is 0 Å². The van der Waals surface area contributed by atoms with Crippen molar-refractivity contribution in [3.63, 3.8) is 0 Å². The van der Waals surface area contributed by atoms with E-state index in [1.54, 1.807) is 6.20 Å². The molecule has 1 aromatic heterocycles. The van der Waals surface area contributed by atoms with Gasteiger partial charge < -0.3 is 5.32 Å². The van der Waals surface area contributed by atoms with E-state index < -0.39 is 0 Å². The van der Waals surface area contributed by atoms with Crippen LogP contribution in [0.15, 0.2) is 12.3 Å². The Bertz CT molecular complexity index is 315. The number of aryl methyl sites for hydroxylation is 1. The zero-order valence-electron chi connectivity index (χ0n) is 8.45. The van der Waals surface area contributed by atoms with E-state index in [1.165, 1.54) is 0 Å². The molecule has 0 bridgehead atoms. The molecule has 0 unspecified atom stereocenters. The maximum atomic E-state index is 5.15. The van der Waals surface area contributed by atoms with Crippen LogP contribution in [0.1, 0.15) is 25.1 Å². The summed E-state index contributed by atoms with van der Waals surface area (Å²) >= 11 is 0. The second kappa shape index (κ2) is 5.98. The molecule has 0 aromatic carbocycles. The van der Waals surface area contributed by atoms with Gasteiger partial charge in [0.1, 0.15) is 11.6 Å². The van der Waals surface area contributed by atoms with E-state index in [9.17, 15) is 0 Å². The maximum Gasteiger partial charge on any atom is 0.129 e. The SMILES string of the molecule is C#CCCCCNc1ccnc(C)n1. The molecule has 0 aliphatic heterocycles. The lowest BCUT2D eigenvalue weighted by Gasteiger charge is -2.04. The first-order valence-electron chi connectivity index (χ1n) is 4.80. The maximum absolute atomic E-state index is 5.15. The molecular weight excluding hydrogens is 174 g/mol. The minimum absolute atomic E-state index is 0.790. The smallest absolute Gasteiger partial charge is 0.129 e. The van der Waals surface area contributed by atoms with Crippen LogP contribution in [0.5, 0.6) is 0 Å². The lowest BCUT2D eigenvalue weighted by molar-refractivity contribution is 0.786. The molecule has 14 heavy (non-hydrogen) atoms. The molecule has 0 aliphatic rings. The van der Waals surface area contributed by atoms with E-state index in [2.05, 4.69) is 21.2 Å². The van der Waals surface area contributed by atoms with E-state index in [0.717, 1.165) is 37.4 Å². The van der Waals surface area contributed by atoms with E-state index in [4.69, 9.17) is 6.42 Å². The second-order valence-electron chi connectivity index (χ2n) is 3.08. The minimum Gasteiger partial charge on any atom is -0.370 e. The third-order valence-corrected chi connectivity index (χ3v) is 1.83. The Morgan fingerprint density at radius 1 is 1.50 bits per heavy atom. The van der Waals surface area contributed by atoms with Crippen molar-refractivity contribution in [2.45, 2.75) is 26.2 Å². The van der Waals surface area contributed by atoms with Crippen LogP contribution in [0, 0.1) is 19.3 Å². The molecule has 0 spiro atoms. The molecule has 1 heterocycles. The fourth-order valence-corrected chi connectivity index (χ4v) is 1.12. The van der Waals surface area contributed by atoms with Crippen molar-refractivity contribution >= 4 is 5.82 Å². The number of anilines is 1. The van der Waals surface area contributed by atoms with Gasteiger partial charge in [-0.15, -0.1) is 12.3 Å². The summed E-state index contributed by atoms with van der Waals surface area (Å²) in [7, 11) is 0. The first-order chi connectivity index (χ1) is 6.83. The van der Waals surface area contributed by atoms with Crippen LogP contribution in [0.2, 0.25) is 0 Å². The summed E-state index contributed by atoms with van der Waals surface area (Å²) in [6.45, 7) is 2.79. The molecule has 0 atom stereocenters. The lowest BCUT2D eigenvalue weighted by Crippen LogP contribution is -2.04. The van der Waals surface area contributed by atoms with Gasteiger partial charge in [0.15, 0.2) is 0 Å². The highest BCUT2D eigenvalue weighted by Crippen LogP contribution is 2.02. The standard InChI is InChI=1S/C11H15N3/c1-3-4-5-6-8-13-11-7-9-12-10(2)14-11/h1,7,9H,4-6,8H2,2H3,(H,12,13,14). The van der Waals surface area contributed by atoms with Crippen molar-refractivity contribution in [3.8, 4) is 12.3 Å². The average molecular weight is 189 g/mol. The number of unbranched alkanes of at least 4 members (excludes halogenated alkanes) is 2. The predicted molar refractivity (Wildman–Crippen MR) is 57.9 cm³/mol. The Morgan fingerprint density at radius 3 is 3.07 bits per heavy atom. The fourth-order valence-electron chi connectivity index (χ4n) is 1.12. The molecule has 74 valence electrons. The van der Waals surface area contributed by atoms with Crippen LogP contribution in [-0.4, -0.2) is 16.5 Å². The van der Waals surface area contributed by atoms with Gasteiger partial charge in [-0.05, 0) is 25.8 Å². The zero-order chi connectivity index (χ0) is 10.2. The molecule has 1 aromatic rings. The zero-order valence-corrected chi connectivity index (χ0v) is 8.45. The quantitative estimate of drug-likeness (QED) is 0.568. The van der Waals surface area contributed by atoms with Crippen molar-refractivity contribution in [3.05, 3.63) is 18.1 Å². The van der Waals surface area contributed by atoms with Crippen LogP contribution < -0.4 is 5.32 Å². The molecular formula is C11H15N3. The van der Waals surface area contributed by atoms with Crippen molar-refractivity contribution in [2.75, 3.05) is 11.9 Å². The summed E-state index contributed by atoms with van der Waals surface area (Å²) in [5, 5.41) is 3.22. The van der Waals surface area contributed by atoms with Crippen LogP contribution in [0.3, 0.4) is 0 Å². The Hall–Kier alpha value is -1.56. The Kier molecular flexibility index (Phi) is 4.49. The normalized spacial score (nSPS) is 9.43. The average Bonchev–Trinajstić information content (AvgIpc) is 2.18. The summed E-state index contributed by atoms with van der Waals surface area (Å²) in [5.41, 5.74) is 0. The molecule has 3 nitrogen and oxygen atoms in total. The molecule has 1 rings (SSSR count). The molecule has 0 aliphatic carbocycles. The second-order valence-corrected chi connectivity index (χ2v) is 3.08. The van der Waals surface area contributed by atoms with E-state index in [0.29, 0.717) is 0 Å². The largest absolute Gasteiger partial charge is 0.370 e. The van der Waals surface area contributed by atoms with Gasteiger partial charge in [-0.3, -0.25) is 0 Å². The summed E-state index contributed by atoms with van der Waals surface area (Å²) in [4.78, 5) is 8.25. The third kappa shape index (κ3) is 3.90. The van der Waals surface area contributed by atoms with Crippen molar-refractivity contribution in [1.82, 2.24) is 9.97 Å². The number of aromatic nitrogens is 2. The number of rotatable bonds is 5. The van der Waals surface area contributed by atoms with Crippen LogP contribution in [0.25, 0.3) is 0 Å². The van der Waals surface area contributed by atoms with Crippen LogP contribution in [-0.2, 0) is 0 Å². The minimum atomic E-state index is 0.790. The van der Waals surface area contributed by atoms with Gasteiger partial charge >= 0.3 is 0 Å². The molecule has 3 heteroatoms. The third-order valence-electron chi connectivity index (χ3n) is 1.83. The number of nitrogens with one attached hydrogen (secondary N) is 1. The number of hydrogen-bond acceptors (Lipinski definition) is 3. The summed E-state index contributed by atoms with van der Waals surface area (Å²) < 4.78 is 0. The van der Waals surface area contributed by atoms with Crippen molar-refractivity contribution in [1.29, 1.82) is 0 Å². The van der Waals surface area contributed by atoms with Crippen molar-refractivity contribution in [2.24, 2.45) is 0 Å².